The van der Waals surface area contributed by atoms with Crippen LogP contribution in [0.25, 0.3) is 0 Å². The summed E-state index contributed by atoms with van der Waals surface area (Å²) in [5.74, 6) is 1.67. The molecule has 0 aromatic heterocycles. The Labute approximate surface area is 81.8 Å². The second-order valence-electron chi connectivity index (χ2n) is 2.98. The third-order valence-corrected chi connectivity index (χ3v) is 3.06. The molecule has 1 unspecified atom stereocenters. The molecule has 0 aromatic carbocycles. The molecular weight excluding hydrogens is 188 g/mol. The van der Waals surface area contributed by atoms with Crippen molar-refractivity contribution in [2.75, 3.05) is 18.6 Å². The van der Waals surface area contributed by atoms with E-state index in [1.807, 2.05) is 11.8 Å². The number of nitrogens with one attached hydrogen (secondary N) is 2. The lowest BCUT2D eigenvalue weighted by molar-refractivity contribution is -0.129. The minimum absolute atomic E-state index is 0.0579. The number of carbonyl (C=O) groups excluding carboxylic acids is 2. The average molecular weight is 202 g/mol. The minimum Gasteiger partial charge on any atom is -0.359 e. The summed E-state index contributed by atoms with van der Waals surface area (Å²) in [7, 11) is 1.53. The van der Waals surface area contributed by atoms with Crippen LogP contribution in [0.15, 0.2) is 0 Å². The van der Waals surface area contributed by atoms with Gasteiger partial charge in [-0.2, -0.15) is 11.8 Å². The number of thioether (sulfide) groups is 1. The fourth-order valence-electron chi connectivity index (χ4n) is 1.16. The maximum absolute atomic E-state index is 11.2. The summed E-state index contributed by atoms with van der Waals surface area (Å²) >= 11 is 1.83. The molecule has 1 atom stereocenters. The Kier molecular flexibility index (Phi) is 4.08. The maximum atomic E-state index is 11.2. The van der Waals surface area contributed by atoms with Crippen molar-refractivity contribution in [1.29, 1.82) is 0 Å². The van der Waals surface area contributed by atoms with Crippen molar-refractivity contribution in [3.05, 3.63) is 0 Å². The van der Waals surface area contributed by atoms with Crippen molar-refractivity contribution >= 4 is 23.6 Å². The zero-order valence-electron chi connectivity index (χ0n) is 7.63. The lowest BCUT2D eigenvalue weighted by atomic mass is 10.2. The molecule has 1 aliphatic rings. The highest BCUT2D eigenvalue weighted by atomic mass is 32.2. The molecular formula is C8H14N2O2S. The molecule has 1 rings (SSSR count). The zero-order valence-corrected chi connectivity index (χ0v) is 8.45. The Bertz CT molecular complexity index is 202. The van der Waals surface area contributed by atoms with E-state index in [1.54, 1.807) is 0 Å². The van der Waals surface area contributed by atoms with Crippen LogP contribution in [0.3, 0.4) is 0 Å². The smallest absolute Gasteiger partial charge is 0.229 e. The topological polar surface area (TPSA) is 58.2 Å². The van der Waals surface area contributed by atoms with Crippen LogP contribution in [0.4, 0.5) is 0 Å². The fraction of sp³-hybridized carbons (Fsp3) is 0.750. The van der Waals surface area contributed by atoms with E-state index < -0.39 is 0 Å². The van der Waals surface area contributed by atoms with E-state index >= 15 is 0 Å². The van der Waals surface area contributed by atoms with E-state index in [0.717, 1.165) is 17.9 Å². The van der Waals surface area contributed by atoms with Crippen LogP contribution in [0.1, 0.15) is 12.8 Å². The largest absolute Gasteiger partial charge is 0.359 e. The molecule has 1 fully saturated rings. The molecule has 0 aliphatic carbocycles. The van der Waals surface area contributed by atoms with Gasteiger partial charge in [-0.1, -0.05) is 0 Å². The molecule has 1 heterocycles. The molecule has 0 saturated carbocycles. The van der Waals surface area contributed by atoms with Crippen molar-refractivity contribution in [2.45, 2.75) is 18.9 Å². The highest BCUT2D eigenvalue weighted by Crippen LogP contribution is 2.16. The molecule has 0 aromatic rings. The first-order chi connectivity index (χ1) is 6.22. The molecule has 0 spiro atoms. The van der Waals surface area contributed by atoms with Crippen molar-refractivity contribution < 1.29 is 9.59 Å². The summed E-state index contributed by atoms with van der Waals surface area (Å²) in [6, 6.07) is 0.266. The predicted molar refractivity (Wildman–Crippen MR) is 52.6 cm³/mol. The Morgan fingerprint density at radius 1 is 1.46 bits per heavy atom. The van der Waals surface area contributed by atoms with Gasteiger partial charge in [0.1, 0.15) is 6.42 Å². The van der Waals surface area contributed by atoms with Crippen molar-refractivity contribution in [3.8, 4) is 0 Å². The van der Waals surface area contributed by atoms with Gasteiger partial charge >= 0.3 is 0 Å². The van der Waals surface area contributed by atoms with Gasteiger partial charge in [0.05, 0.1) is 0 Å². The Hall–Kier alpha value is -0.710. The Balaban J connectivity index is 2.20. The van der Waals surface area contributed by atoms with Crippen LogP contribution in [0.2, 0.25) is 0 Å². The van der Waals surface area contributed by atoms with E-state index in [1.165, 1.54) is 7.05 Å². The number of hydrogen-bond donors (Lipinski definition) is 2. The van der Waals surface area contributed by atoms with Gasteiger partial charge in [0.25, 0.3) is 0 Å². The molecule has 0 radical (unpaired) electrons. The second-order valence-corrected chi connectivity index (χ2v) is 4.13. The summed E-state index contributed by atoms with van der Waals surface area (Å²) in [6.45, 7) is 0. The zero-order chi connectivity index (χ0) is 9.68. The van der Waals surface area contributed by atoms with Crippen LogP contribution in [0, 0.1) is 0 Å². The molecule has 13 heavy (non-hydrogen) atoms. The highest BCUT2D eigenvalue weighted by molar-refractivity contribution is 7.99. The molecule has 2 amide bonds. The van der Waals surface area contributed by atoms with Crippen LogP contribution >= 0.6 is 11.8 Å². The first-order valence-corrected chi connectivity index (χ1v) is 5.45. The van der Waals surface area contributed by atoms with E-state index in [-0.39, 0.29) is 24.3 Å². The molecule has 0 bridgehead atoms. The second kappa shape index (κ2) is 5.11. The van der Waals surface area contributed by atoms with Gasteiger partial charge in [0.2, 0.25) is 11.8 Å². The van der Waals surface area contributed by atoms with E-state index in [4.69, 9.17) is 0 Å². The minimum atomic E-state index is -0.233. The molecule has 1 aliphatic heterocycles. The van der Waals surface area contributed by atoms with Gasteiger partial charge in [-0.15, -0.1) is 0 Å². The van der Waals surface area contributed by atoms with Gasteiger partial charge < -0.3 is 10.6 Å². The Morgan fingerprint density at radius 2 is 2.23 bits per heavy atom. The van der Waals surface area contributed by atoms with E-state index in [9.17, 15) is 9.59 Å². The highest BCUT2D eigenvalue weighted by Gasteiger charge is 2.18. The average Bonchev–Trinajstić information content (AvgIpc) is 2.56. The third-order valence-electron chi connectivity index (χ3n) is 1.89. The first-order valence-electron chi connectivity index (χ1n) is 4.30. The number of carbonyl (C=O) groups is 2. The molecule has 74 valence electrons. The first kappa shape index (κ1) is 10.4. The van der Waals surface area contributed by atoms with Crippen molar-refractivity contribution in [1.82, 2.24) is 10.6 Å². The monoisotopic (exact) mass is 202 g/mol. The van der Waals surface area contributed by atoms with Crippen molar-refractivity contribution in [2.24, 2.45) is 0 Å². The standard InChI is InChI=1S/C8H14N2O2S/c1-9-7(11)4-8(12)10-6-2-3-13-5-6/h6H,2-5H2,1H3,(H,9,11)(H,10,12). The van der Waals surface area contributed by atoms with Gasteiger partial charge in [-0.3, -0.25) is 9.59 Å². The normalized spacial score (nSPS) is 21.2. The maximum Gasteiger partial charge on any atom is 0.229 e. The summed E-state index contributed by atoms with van der Waals surface area (Å²) in [6.07, 6.45) is 0.960. The van der Waals surface area contributed by atoms with Gasteiger partial charge in [0.15, 0.2) is 0 Å². The van der Waals surface area contributed by atoms with Crippen LogP contribution in [-0.4, -0.2) is 36.4 Å². The number of hydrogen-bond acceptors (Lipinski definition) is 3. The predicted octanol–water partition coefficient (Wildman–Crippen LogP) is -0.256. The van der Waals surface area contributed by atoms with E-state index in [0.29, 0.717) is 0 Å². The van der Waals surface area contributed by atoms with Crippen LogP contribution in [-0.2, 0) is 9.59 Å². The van der Waals surface area contributed by atoms with E-state index in [2.05, 4.69) is 10.6 Å². The summed E-state index contributed by atoms with van der Waals surface area (Å²) < 4.78 is 0. The SMILES string of the molecule is CNC(=O)CC(=O)NC1CCSC1. The summed E-state index contributed by atoms with van der Waals surface area (Å²) in [5.41, 5.74) is 0. The molecule has 1 saturated heterocycles. The quantitative estimate of drug-likeness (QED) is 0.620. The lowest BCUT2D eigenvalue weighted by Gasteiger charge is -2.10. The fourth-order valence-corrected chi connectivity index (χ4v) is 2.31. The lowest BCUT2D eigenvalue weighted by Crippen LogP contribution is -2.37. The van der Waals surface area contributed by atoms with Crippen molar-refractivity contribution in [3.63, 3.8) is 0 Å². The summed E-state index contributed by atoms with van der Waals surface area (Å²) in [4.78, 5) is 22.0. The summed E-state index contributed by atoms with van der Waals surface area (Å²) in [5, 5.41) is 5.24. The van der Waals surface area contributed by atoms with Gasteiger partial charge in [0, 0.05) is 18.8 Å². The number of rotatable bonds is 3. The molecule has 5 heteroatoms. The number of amides is 2. The molecule has 4 nitrogen and oxygen atoms in total. The van der Waals surface area contributed by atoms with Crippen LogP contribution < -0.4 is 10.6 Å². The van der Waals surface area contributed by atoms with Gasteiger partial charge in [-0.25, -0.2) is 0 Å². The third kappa shape index (κ3) is 3.67. The van der Waals surface area contributed by atoms with Crippen LogP contribution in [0.5, 0.6) is 0 Å². The van der Waals surface area contributed by atoms with Gasteiger partial charge in [-0.05, 0) is 12.2 Å². The molecule has 2 N–H and O–H groups in total. The Morgan fingerprint density at radius 3 is 2.77 bits per heavy atom.